The van der Waals surface area contributed by atoms with Gasteiger partial charge in [-0.05, 0) is 84.7 Å². The van der Waals surface area contributed by atoms with Gasteiger partial charge in [-0.1, -0.05) is 11.2 Å². The second kappa shape index (κ2) is 10.6. The van der Waals surface area contributed by atoms with Gasteiger partial charge >= 0.3 is 18.5 Å². The lowest BCUT2D eigenvalue weighted by Crippen LogP contribution is -2.31. The fourth-order valence-electron chi connectivity index (χ4n) is 5.46. The van der Waals surface area contributed by atoms with E-state index >= 15 is 0 Å². The molecule has 42 heavy (non-hydrogen) atoms. The number of hydrogen-bond acceptors (Lipinski definition) is 5. The van der Waals surface area contributed by atoms with E-state index in [9.17, 15) is 39.5 Å². The predicted molar refractivity (Wildman–Crippen MR) is 135 cm³/mol. The van der Waals surface area contributed by atoms with Gasteiger partial charge in [0.05, 0.1) is 29.8 Å². The van der Waals surface area contributed by atoms with E-state index in [4.69, 9.17) is 0 Å². The lowest BCUT2D eigenvalue weighted by Gasteiger charge is -2.33. The van der Waals surface area contributed by atoms with Crippen molar-refractivity contribution in [3.8, 4) is 0 Å². The van der Waals surface area contributed by atoms with Crippen molar-refractivity contribution in [2.45, 2.75) is 63.7 Å². The molecule has 2 heterocycles. The molecule has 0 N–H and O–H groups in total. The molecule has 0 saturated heterocycles. The number of rotatable bonds is 6. The zero-order chi connectivity index (χ0) is 30.6. The molecule has 228 valence electrons. The molecule has 5 rings (SSSR count). The summed E-state index contributed by atoms with van der Waals surface area (Å²) < 4.78 is 124. The summed E-state index contributed by atoms with van der Waals surface area (Å²) in [5, 5.41) is 11.9. The number of aryl methyl sites for hydroxylation is 2. The average Bonchev–Trinajstić information content (AvgIpc) is 3.62. The van der Waals surface area contributed by atoms with Crippen molar-refractivity contribution in [3.05, 3.63) is 63.7 Å². The third-order valence-corrected chi connectivity index (χ3v) is 7.59. The minimum Gasteiger partial charge on any atom is -0.371 e. The highest BCUT2D eigenvalue weighted by atomic mass is 19.4. The monoisotopic (exact) mass is 606 g/mol. The van der Waals surface area contributed by atoms with Gasteiger partial charge in [-0.3, -0.25) is 0 Å². The standard InChI is InChI=1S/C27H27F9N6/c1-15-8-20-22(4-3-7-41(13-16-5-6-16)23(20)12-21(15)27(34,35)36)42(24-37-39-40(2)38-24)14-17-9-18(25(28,29)30)11-19(10-17)26(31,32)33/h8-12,16,22H,3-7,13-14H2,1-2H3/t22-/m0/s1. The van der Waals surface area contributed by atoms with Gasteiger partial charge in [0.15, 0.2) is 0 Å². The third kappa shape index (κ3) is 6.43. The summed E-state index contributed by atoms with van der Waals surface area (Å²) in [6, 6.07) is 3.05. The Kier molecular flexibility index (Phi) is 7.59. The molecule has 0 unspecified atom stereocenters. The second-order valence-electron chi connectivity index (χ2n) is 10.9. The first-order chi connectivity index (χ1) is 19.5. The predicted octanol–water partition coefficient (Wildman–Crippen LogP) is 7.33. The Hall–Kier alpha value is -3.52. The first-order valence-corrected chi connectivity index (χ1v) is 13.3. The third-order valence-electron chi connectivity index (χ3n) is 7.59. The zero-order valence-corrected chi connectivity index (χ0v) is 22.6. The van der Waals surface area contributed by atoms with Gasteiger partial charge < -0.3 is 9.80 Å². The van der Waals surface area contributed by atoms with Gasteiger partial charge in [0, 0.05) is 25.3 Å². The maximum Gasteiger partial charge on any atom is 0.416 e. The largest absolute Gasteiger partial charge is 0.416 e. The molecule has 6 nitrogen and oxygen atoms in total. The molecule has 1 saturated carbocycles. The molecular weight excluding hydrogens is 579 g/mol. The van der Waals surface area contributed by atoms with Crippen LogP contribution in [0.1, 0.15) is 65.1 Å². The van der Waals surface area contributed by atoms with E-state index in [0.717, 1.165) is 23.7 Å². The fraction of sp³-hybridized carbons (Fsp3) is 0.519. The first-order valence-electron chi connectivity index (χ1n) is 13.3. The van der Waals surface area contributed by atoms with Gasteiger partial charge in [0.1, 0.15) is 0 Å². The van der Waals surface area contributed by atoms with Crippen molar-refractivity contribution < 1.29 is 39.5 Å². The SMILES string of the molecule is Cc1cc2c(cc1C(F)(F)F)N(CC1CC1)CCC[C@@H]2N(Cc1cc(C(F)(F)F)cc(C(F)(F)F)c1)c1nnn(C)n1. The van der Waals surface area contributed by atoms with Gasteiger partial charge in [-0.15, -0.1) is 5.10 Å². The number of aromatic nitrogens is 4. The zero-order valence-electron chi connectivity index (χ0n) is 22.6. The Morgan fingerprint density at radius 3 is 2.02 bits per heavy atom. The first kappa shape index (κ1) is 30.0. The molecule has 1 atom stereocenters. The van der Waals surface area contributed by atoms with Crippen LogP contribution in [-0.2, 0) is 32.1 Å². The number of benzene rings is 2. The van der Waals surface area contributed by atoms with Gasteiger partial charge in [0.25, 0.3) is 5.95 Å². The molecule has 1 aliphatic heterocycles. The van der Waals surface area contributed by atoms with Gasteiger partial charge in [-0.25, -0.2) is 0 Å². The summed E-state index contributed by atoms with van der Waals surface area (Å²) in [5.41, 5.74) is -3.31. The van der Waals surface area contributed by atoms with Crippen molar-refractivity contribution in [1.29, 1.82) is 0 Å². The second-order valence-corrected chi connectivity index (χ2v) is 10.9. The average molecular weight is 607 g/mol. The van der Waals surface area contributed by atoms with Crippen molar-refractivity contribution in [2.75, 3.05) is 22.9 Å². The van der Waals surface area contributed by atoms with Crippen molar-refractivity contribution in [3.63, 3.8) is 0 Å². The van der Waals surface area contributed by atoms with Crippen LogP contribution in [0, 0.1) is 12.8 Å². The Morgan fingerprint density at radius 2 is 1.50 bits per heavy atom. The highest BCUT2D eigenvalue weighted by molar-refractivity contribution is 5.62. The number of anilines is 2. The molecule has 2 aromatic carbocycles. The van der Waals surface area contributed by atoms with Gasteiger partial charge in [-0.2, -0.15) is 44.3 Å². The minimum absolute atomic E-state index is 0.0488. The number of alkyl halides is 9. The summed E-state index contributed by atoms with van der Waals surface area (Å²) in [6.07, 6.45) is -12.0. The van der Waals surface area contributed by atoms with Crippen molar-refractivity contribution in [2.24, 2.45) is 13.0 Å². The topological polar surface area (TPSA) is 50.1 Å². The highest BCUT2D eigenvalue weighted by Gasteiger charge is 2.40. The van der Waals surface area contributed by atoms with E-state index in [1.54, 1.807) is 0 Å². The van der Waals surface area contributed by atoms with Crippen LogP contribution >= 0.6 is 0 Å². The molecule has 0 amide bonds. The van der Waals surface area contributed by atoms with Crippen LogP contribution in [0.2, 0.25) is 0 Å². The molecule has 1 aliphatic carbocycles. The van der Waals surface area contributed by atoms with E-state index in [2.05, 4.69) is 15.4 Å². The molecule has 0 spiro atoms. The normalized spacial score (nSPS) is 18.2. The molecular formula is C27H27F9N6. The smallest absolute Gasteiger partial charge is 0.371 e. The summed E-state index contributed by atoms with van der Waals surface area (Å²) in [4.78, 5) is 4.41. The summed E-state index contributed by atoms with van der Waals surface area (Å²) in [7, 11) is 1.44. The van der Waals surface area contributed by atoms with Crippen LogP contribution < -0.4 is 9.80 Å². The summed E-state index contributed by atoms with van der Waals surface area (Å²) >= 11 is 0. The maximum absolute atomic E-state index is 14.0. The number of tetrazole rings is 1. The molecule has 2 aliphatic rings. The van der Waals surface area contributed by atoms with Gasteiger partial charge in [0.2, 0.25) is 0 Å². The highest BCUT2D eigenvalue weighted by Crippen LogP contribution is 2.45. The van der Waals surface area contributed by atoms with Crippen LogP contribution in [0.15, 0.2) is 30.3 Å². The van der Waals surface area contributed by atoms with Crippen molar-refractivity contribution >= 4 is 11.6 Å². The lowest BCUT2D eigenvalue weighted by molar-refractivity contribution is -0.143. The Bertz CT molecular complexity index is 1410. The molecule has 15 heteroatoms. The molecule has 3 aromatic rings. The Balaban J connectivity index is 1.65. The quantitative estimate of drug-likeness (QED) is 0.275. The number of hydrogen-bond donors (Lipinski definition) is 0. The van der Waals surface area contributed by atoms with Crippen molar-refractivity contribution in [1.82, 2.24) is 20.2 Å². The number of nitrogens with zero attached hydrogens (tertiary/aromatic N) is 6. The maximum atomic E-state index is 14.0. The molecule has 0 radical (unpaired) electrons. The lowest BCUT2D eigenvalue weighted by atomic mass is 9.94. The van der Waals surface area contributed by atoms with E-state index in [0.29, 0.717) is 55.2 Å². The van der Waals surface area contributed by atoms with Crippen LogP contribution in [0.25, 0.3) is 0 Å². The number of halogens is 9. The van der Waals surface area contributed by atoms with Crippen LogP contribution in [0.4, 0.5) is 51.1 Å². The summed E-state index contributed by atoms with van der Waals surface area (Å²) in [6.45, 7) is 1.82. The summed E-state index contributed by atoms with van der Waals surface area (Å²) in [5.74, 6) is 0.265. The van der Waals surface area contributed by atoms with E-state index in [-0.39, 0.29) is 23.1 Å². The van der Waals surface area contributed by atoms with E-state index in [1.807, 2.05) is 4.90 Å². The Morgan fingerprint density at radius 1 is 0.857 bits per heavy atom. The molecule has 1 fully saturated rings. The van der Waals surface area contributed by atoms with E-state index < -0.39 is 47.8 Å². The molecule has 1 aromatic heterocycles. The van der Waals surface area contributed by atoms with Crippen LogP contribution in [-0.4, -0.2) is 33.3 Å². The van der Waals surface area contributed by atoms with Crippen LogP contribution in [0.3, 0.4) is 0 Å². The Labute approximate surface area is 235 Å². The fourth-order valence-corrected chi connectivity index (χ4v) is 5.46. The van der Waals surface area contributed by atoms with E-state index in [1.165, 1.54) is 24.9 Å². The van der Waals surface area contributed by atoms with Crippen LogP contribution in [0.5, 0.6) is 0 Å². The molecule has 0 bridgehead atoms. The minimum atomic E-state index is -5.05. The number of fused-ring (bicyclic) bond motifs is 1.